The minimum absolute atomic E-state index is 0.0394. The third-order valence-corrected chi connectivity index (χ3v) is 5.98. The number of carbonyl (C=O) groups is 2. The van der Waals surface area contributed by atoms with E-state index in [9.17, 15) is 9.59 Å². The molecule has 0 aromatic heterocycles. The lowest BCUT2D eigenvalue weighted by Crippen LogP contribution is -2.53. The molecule has 0 unspecified atom stereocenters. The van der Waals surface area contributed by atoms with Crippen molar-refractivity contribution in [1.29, 1.82) is 0 Å². The summed E-state index contributed by atoms with van der Waals surface area (Å²) in [7, 11) is 0. The normalized spacial score (nSPS) is 38.0. The molecule has 4 aliphatic heterocycles. The standard InChI is InChI=1S/C19H19NO4/c1-2-23-18(22)16-13-9-14-11-5-3-4-6-12(11)17(21)20(14)10-19(13)8-7-15(16)24-19/h3-8,13-16H,2,9-10H2,1H3/t13-,14+,15+,16-,19+/m0/s1. The Balaban J connectivity index is 1.54. The van der Waals surface area contributed by atoms with E-state index in [2.05, 4.69) is 6.08 Å². The summed E-state index contributed by atoms with van der Waals surface area (Å²) in [5.74, 6) is -0.306. The molecule has 4 aliphatic rings. The number of rotatable bonds is 2. The maximum absolute atomic E-state index is 12.8. The van der Waals surface area contributed by atoms with Gasteiger partial charge in [0, 0.05) is 11.5 Å². The van der Waals surface area contributed by atoms with Crippen LogP contribution in [-0.4, -0.2) is 41.6 Å². The van der Waals surface area contributed by atoms with Crippen LogP contribution in [0.1, 0.15) is 35.3 Å². The molecule has 124 valence electrons. The predicted octanol–water partition coefficient (Wildman–Crippen LogP) is 2.09. The molecule has 0 saturated carbocycles. The molecule has 5 rings (SSSR count). The summed E-state index contributed by atoms with van der Waals surface area (Å²) in [6.07, 6.45) is 4.54. The van der Waals surface area contributed by atoms with E-state index in [0.29, 0.717) is 13.2 Å². The highest BCUT2D eigenvalue weighted by atomic mass is 16.6. The Hall–Kier alpha value is -2.14. The molecule has 24 heavy (non-hydrogen) atoms. The Labute approximate surface area is 140 Å². The van der Waals surface area contributed by atoms with E-state index >= 15 is 0 Å². The number of hydrogen-bond donors (Lipinski definition) is 0. The van der Waals surface area contributed by atoms with Gasteiger partial charge in [0.15, 0.2) is 0 Å². The van der Waals surface area contributed by atoms with Gasteiger partial charge in [-0.2, -0.15) is 0 Å². The monoisotopic (exact) mass is 325 g/mol. The van der Waals surface area contributed by atoms with Gasteiger partial charge < -0.3 is 14.4 Å². The number of hydrogen-bond acceptors (Lipinski definition) is 4. The summed E-state index contributed by atoms with van der Waals surface area (Å²) in [5.41, 5.74) is 1.33. The number of ether oxygens (including phenoxy) is 2. The Kier molecular flexibility index (Phi) is 2.78. The highest BCUT2D eigenvalue weighted by molar-refractivity contribution is 5.99. The molecule has 1 spiro atoms. The summed E-state index contributed by atoms with van der Waals surface area (Å²) in [6.45, 7) is 2.72. The second-order valence-electron chi connectivity index (χ2n) is 7.05. The van der Waals surface area contributed by atoms with E-state index in [4.69, 9.17) is 9.47 Å². The zero-order valence-corrected chi connectivity index (χ0v) is 13.5. The molecule has 0 radical (unpaired) electrons. The molecule has 2 fully saturated rings. The van der Waals surface area contributed by atoms with Crippen molar-refractivity contribution in [3.8, 4) is 0 Å². The minimum Gasteiger partial charge on any atom is -0.466 e. The van der Waals surface area contributed by atoms with Crippen molar-refractivity contribution < 1.29 is 19.1 Å². The Morgan fingerprint density at radius 1 is 1.42 bits per heavy atom. The van der Waals surface area contributed by atoms with Gasteiger partial charge in [-0.3, -0.25) is 9.59 Å². The van der Waals surface area contributed by atoms with Crippen molar-refractivity contribution in [3.05, 3.63) is 47.5 Å². The highest BCUT2D eigenvalue weighted by Crippen LogP contribution is 2.56. The van der Waals surface area contributed by atoms with Crippen LogP contribution < -0.4 is 0 Å². The van der Waals surface area contributed by atoms with Gasteiger partial charge in [-0.1, -0.05) is 30.4 Å². The summed E-state index contributed by atoms with van der Waals surface area (Å²) < 4.78 is 11.5. The fourth-order valence-corrected chi connectivity index (χ4v) is 5.01. The highest BCUT2D eigenvalue weighted by Gasteiger charge is 2.64. The van der Waals surface area contributed by atoms with Gasteiger partial charge in [0.25, 0.3) is 5.91 Å². The number of benzene rings is 1. The lowest BCUT2D eigenvalue weighted by atomic mass is 9.69. The first-order valence-corrected chi connectivity index (χ1v) is 8.58. The molecule has 5 atom stereocenters. The number of fused-ring (bicyclic) bond motifs is 4. The maximum atomic E-state index is 12.8. The summed E-state index contributed by atoms with van der Waals surface area (Å²) in [6, 6.07) is 7.83. The molecule has 2 saturated heterocycles. The Morgan fingerprint density at radius 2 is 2.25 bits per heavy atom. The van der Waals surface area contributed by atoms with Crippen molar-refractivity contribution in [2.45, 2.75) is 31.1 Å². The van der Waals surface area contributed by atoms with Crippen molar-refractivity contribution >= 4 is 11.9 Å². The van der Waals surface area contributed by atoms with E-state index in [1.54, 1.807) is 0 Å². The Morgan fingerprint density at radius 3 is 3.08 bits per heavy atom. The van der Waals surface area contributed by atoms with Crippen LogP contribution in [0.25, 0.3) is 0 Å². The molecule has 1 aromatic rings. The van der Waals surface area contributed by atoms with Crippen LogP contribution in [0, 0.1) is 11.8 Å². The topological polar surface area (TPSA) is 55.8 Å². The van der Waals surface area contributed by atoms with Gasteiger partial charge in [0.2, 0.25) is 0 Å². The van der Waals surface area contributed by atoms with Gasteiger partial charge >= 0.3 is 5.97 Å². The average Bonchev–Trinajstić information content (AvgIpc) is 3.22. The quantitative estimate of drug-likeness (QED) is 0.617. The van der Waals surface area contributed by atoms with E-state index in [0.717, 1.165) is 17.5 Å². The van der Waals surface area contributed by atoms with Crippen molar-refractivity contribution in [1.82, 2.24) is 4.90 Å². The molecule has 4 heterocycles. The average molecular weight is 325 g/mol. The predicted molar refractivity (Wildman–Crippen MR) is 85.2 cm³/mol. The SMILES string of the molecule is CCOC(=O)[C@@H]1[C@H]2C=C[C@]3(CN4C(=O)c5ccccc5[C@H]4C[C@@H]13)O2. The third-order valence-electron chi connectivity index (χ3n) is 5.98. The van der Waals surface area contributed by atoms with Crippen LogP contribution in [-0.2, 0) is 14.3 Å². The fraction of sp³-hybridized carbons (Fsp3) is 0.474. The van der Waals surface area contributed by atoms with E-state index in [-0.39, 0.29) is 35.9 Å². The second kappa shape index (κ2) is 4.70. The number of piperidine rings is 1. The summed E-state index contributed by atoms with van der Waals surface area (Å²) >= 11 is 0. The van der Waals surface area contributed by atoms with E-state index in [1.807, 2.05) is 42.2 Å². The zero-order valence-electron chi connectivity index (χ0n) is 13.5. The second-order valence-corrected chi connectivity index (χ2v) is 7.05. The lowest BCUT2D eigenvalue weighted by molar-refractivity contribution is -0.150. The van der Waals surface area contributed by atoms with Crippen LogP contribution in [0.3, 0.4) is 0 Å². The number of carbonyl (C=O) groups excluding carboxylic acids is 2. The lowest BCUT2D eigenvalue weighted by Gasteiger charge is -2.44. The molecule has 2 bridgehead atoms. The van der Waals surface area contributed by atoms with Gasteiger partial charge in [-0.25, -0.2) is 0 Å². The van der Waals surface area contributed by atoms with E-state index < -0.39 is 5.60 Å². The molecule has 5 heteroatoms. The molecular formula is C19H19NO4. The number of esters is 1. The molecule has 5 nitrogen and oxygen atoms in total. The van der Waals surface area contributed by atoms with Crippen LogP contribution in [0.2, 0.25) is 0 Å². The fourth-order valence-electron chi connectivity index (χ4n) is 5.01. The first kappa shape index (κ1) is 14.2. The molecular weight excluding hydrogens is 306 g/mol. The third kappa shape index (κ3) is 1.63. The number of amides is 1. The van der Waals surface area contributed by atoms with Crippen molar-refractivity contribution in [3.63, 3.8) is 0 Å². The first-order chi connectivity index (χ1) is 11.6. The largest absolute Gasteiger partial charge is 0.466 e. The van der Waals surface area contributed by atoms with E-state index in [1.165, 1.54) is 0 Å². The maximum Gasteiger partial charge on any atom is 0.312 e. The summed E-state index contributed by atoms with van der Waals surface area (Å²) in [4.78, 5) is 27.2. The van der Waals surface area contributed by atoms with Gasteiger partial charge in [0.1, 0.15) is 5.60 Å². The van der Waals surface area contributed by atoms with Crippen molar-refractivity contribution in [2.24, 2.45) is 11.8 Å². The molecule has 1 amide bonds. The first-order valence-electron chi connectivity index (χ1n) is 8.58. The molecule has 1 aromatic carbocycles. The van der Waals surface area contributed by atoms with Gasteiger partial charge in [-0.05, 0) is 25.0 Å². The minimum atomic E-state index is -0.531. The van der Waals surface area contributed by atoms with Crippen LogP contribution in [0.5, 0.6) is 0 Å². The molecule has 0 N–H and O–H groups in total. The van der Waals surface area contributed by atoms with Crippen LogP contribution in [0.15, 0.2) is 36.4 Å². The van der Waals surface area contributed by atoms with Crippen molar-refractivity contribution in [2.75, 3.05) is 13.2 Å². The Bertz CT molecular complexity index is 772. The number of nitrogens with zero attached hydrogens (tertiary/aromatic N) is 1. The summed E-state index contributed by atoms with van der Waals surface area (Å²) in [5, 5.41) is 0. The van der Waals surface area contributed by atoms with Gasteiger partial charge in [-0.15, -0.1) is 0 Å². The smallest absolute Gasteiger partial charge is 0.312 e. The van der Waals surface area contributed by atoms with Crippen LogP contribution in [0.4, 0.5) is 0 Å². The zero-order chi connectivity index (χ0) is 16.5. The van der Waals surface area contributed by atoms with Crippen LogP contribution >= 0.6 is 0 Å². The van der Waals surface area contributed by atoms with Gasteiger partial charge in [0.05, 0.1) is 31.2 Å². The molecule has 0 aliphatic carbocycles.